The Hall–Kier alpha value is -1.01. The van der Waals surface area contributed by atoms with Crippen molar-refractivity contribution < 1.29 is 14.3 Å². The number of hydrogen-bond acceptors (Lipinski definition) is 5. The third-order valence-corrected chi connectivity index (χ3v) is 5.51. The number of methoxy groups -OCH3 is 1. The Morgan fingerprint density at radius 3 is 3.10 bits per heavy atom. The lowest BCUT2D eigenvalue weighted by molar-refractivity contribution is -0.140. The van der Waals surface area contributed by atoms with Crippen molar-refractivity contribution in [3.05, 3.63) is 21.9 Å². The van der Waals surface area contributed by atoms with Crippen LogP contribution < -0.4 is 0 Å². The first kappa shape index (κ1) is 15.4. The summed E-state index contributed by atoms with van der Waals surface area (Å²) in [5, 5.41) is 2.19. The lowest BCUT2D eigenvalue weighted by Crippen LogP contribution is -2.36. The summed E-state index contributed by atoms with van der Waals surface area (Å²) in [4.78, 5) is 26.6. The van der Waals surface area contributed by atoms with Gasteiger partial charge in [-0.05, 0) is 23.4 Å². The van der Waals surface area contributed by atoms with Crippen LogP contribution in [0.3, 0.4) is 0 Å². The van der Waals surface area contributed by atoms with Crippen molar-refractivity contribution in [2.75, 3.05) is 19.4 Å². The third-order valence-electron chi connectivity index (χ3n) is 3.33. The molecular weight excluding hydrogens is 294 g/mol. The first-order valence-electron chi connectivity index (χ1n) is 6.61. The molecule has 0 fully saturated rings. The minimum atomic E-state index is -0.224. The van der Waals surface area contributed by atoms with Gasteiger partial charge in [0.15, 0.2) is 0 Å². The van der Waals surface area contributed by atoms with Crippen LogP contribution >= 0.6 is 23.1 Å². The van der Waals surface area contributed by atoms with Gasteiger partial charge in [-0.1, -0.05) is 6.92 Å². The SMILES string of the molecule is COC(=O)CC(C)SCC(=O)N1CCc2sccc2C1. The van der Waals surface area contributed by atoms with E-state index in [1.807, 2.05) is 11.8 Å². The number of esters is 1. The van der Waals surface area contributed by atoms with Gasteiger partial charge in [-0.2, -0.15) is 0 Å². The van der Waals surface area contributed by atoms with E-state index in [4.69, 9.17) is 0 Å². The molecule has 1 aliphatic rings. The summed E-state index contributed by atoms with van der Waals surface area (Å²) >= 11 is 3.29. The summed E-state index contributed by atoms with van der Waals surface area (Å²) < 4.78 is 4.63. The fraction of sp³-hybridized carbons (Fsp3) is 0.571. The predicted molar refractivity (Wildman–Crippen MR) is 82.0 cm³/mol. The van der Waals surface area contributed by atoms with E-state index in [0.29, 0.717) is 12.2 Å². The van der Waals surface area contributed by atoms with Crippen molar-refractivity contribution in [2.24, 2.45) is 0 Å². The van der Waals surface area contributed by atoms with Gasteiger partial charge in [-0.15, -0.1) is 23.1 Å². The molecule has 0 aromatic carbocycles. The lowest BCUT2D eigenvalue weighted by atomic mass is 10.1. The maximum atomic E-state index is 12.2. The normalized spacial score (nSPS) is 15.6. The van der Waals surface area contributed by atoms with Gasteiger partial charge in [0, 0.05) is 23.2 Å². The summed E-state index contributed by atoms with van der Waals surface area (Å²) in [6.07, 6.45) is 1.31. The van der Waals surface area contributed by atoms with Crippen LogP contribution in [0.4, 0.5) is 0 Å². The second-order valence-corrected chi connectivity index (χ2v) is 7.26. The van der Waals surface area contributed by atoms with E-state index in [0.717, 1.165) is 19.5 Å². The van der Waals surface area contributed by atoms with Crippen molar-refractivity contribution in [3.8, 4) is 0 Å². The second kappa shape index (κ2) is 7.13. The standard InChI is InChI=1S/C14H19NO3S2/c1-10(7-14(17)18-2)20-9-13(16)15-5-3-12-11(8-15)4-6-19-12/h4,6,10H,3,5,7-9H2,1-2H3. The second-order valence-electron chi connectivity index (χ2n) is 4.84. The zero-order valence-corrected chi connectivity index (χ0v) is 13.4. The van der Waals surface area contributed by atoms with Crippen LogP contribution in [0.5, 0.6) is 0 Å². The van der Waals surface area contributed by atoms with E-state index in [-0.39, 0.29) is 17.1 Å². The maximum absolute atomic E-state index is 12.2. The Kier molecular flexibility index (Phi) is 5.48. The average Bonchev–Trinajstić information content (AvgIpc) is 2.91. The predicted octanol–water partition coefficient (Wildman–Crippen LogP) is 2.32. The fourth-order valence-corrected chi connectivity index (χ4v) is 3.90. The molecule has 0 aliphatic carbocycles. The Labute approximate surface area is 127 Å². The molecule has 1 aromatic rings. The lowest BCUT2D eigenvalue weighted by Gasteiger charge is -2.27. The van der Waals surface area contributed by atoms with Gasteiger partial charge in [-0.3, -0.25) is 9.59 Å². The molecular formula is C14H19NO3S2. The Morgan fingerprint density at radius 1 is 1.55 bits per heavy atom. The van der Waals surface area contributed by atoms with Gasteiger partial charge in [0.05, 0.1) is 19.3 Å². The molecule has 6 heteroatoms. The molecule has 0 N–H and O–H groups in total. The van der Waals surface area contributed by atoms with Crippen molar-refractivity contribution >= 4 is 35.0 Å². The zero-order chi connectivity index (χ0) is 14.5. The number of nitrogens with zero attached hydrogens (tertiary/aromatic N) is 1. The van der Waals surface area contributed by atoms with E-state index in [1.165, 1.54) is 29.3 Å². The molecule has 110 valence electrons. The van der Waals surface area contributed by atoms with E-state index >= 15 is 0 Å². The highest BCUT2D eigenvalue weighted by atomic mass is 32.2. The molecule has 0 bridgehead atoms. The van der Waals surface area contributed by atoms with Crippen LogP contribution in [-0.4, -0.2) is 41.4 Å². The monoisotopic (exact) mass is 313 g/mol. The van der Waals surface area contributed by atoms with E-state index in [9.17, 15) is 9.59 Å². The number of fused-ring (bicyclic) bond motifs is 1. The molecule has 2 heterocycles. The number of thiophene rings is 1. The molecule has 4 nitrogen and oxygen atoms in total. The molecule has 0 saturated carbocycles. The molecule has 1 aliphatic heterocycles. The van der Waals surface area contributed by atoms with E-state index < -0.39 is 0 Å². The van der Waals surface area contributed by atoms with Crippen LogP contribution in [0.2, 0.25) is 0 Å². The van der Waals surface area contributed by atoms with Crippen LogP contribution in [0.25, 0.3) is 0 Å². The smallest absolute Gasteiger partial charge is 0.306 e. The van der Waals surface area contributed by atoms with Crippen molar-refractivity contribution in [1.82, 2.24) is 4.90 Å². The first-order chi connectivity index (χ1) is 9.60. The minimum absolute atomic E-state index is 0.105. The highest BCUT2D eigenvalue weighted by Crippen LogP contribution is 2.25. The molecule has 1 aromatic heterocycles. The van der Waals surface area contributed by atoms with Gasteiger partial charge in [-0.25, -0.2) is 0 Å². The van der Waals surface area contributed by atoms with Crippen LogP contribution in [0.1, 0.15) is 23.8 Å². The van der Waals surface area contributed by atoms with Crippen LogP contribution in [-0.2, 0) is 27.3 Å². The van der Waals surface area contributed by atoms with Crippen molar-refractivity contribution in [2.45, 2.75) is 31.6 Å². The highest BCUT2D eigenvalue weighted by molar-refractivity contribution is 8.00. The minimum Gasteiger partial charge on any atom is -0.469 e. The van der Waals surface area contributed by atoms with Crippen LogP contribution in [0.15, 0.2) is 11.4 Å². The third kappa shape index (κ3) is 3.99. The number of amides is 1. The molecule has 1 unspecified atom stereocenters. The quantitative estimate of drug-likeness (QED) is 0.783. The number of carbonyl (C=O) groups excluding carboxylic acids is 2. The van der Waals surface area contributed by atoms with Gasteiger partial charge in [0.2, 0.25) is 5.91 Å². The zero-order valence-electron chi connectivity index (χ0n) is 11.8. The summed E-state index contributed by atoms with van der Waals surface area (Å²) in [5.74, 6) is 0.361. The Bertz CT molecular complexity index is 487. The average molecular weight is 313 g/mol. The number of ether oxygens (including phenoxy) is 1. The summed E-state index contributed by atoms with van der Waals surface area (Å²) in [6, 6.07) is 2.10. The van der Waals surface area contributed by atoms with E-state index in [1.54, 1.807) is 11.3 Å². The number of rotatable bonds is 5. The molecule has 20 heavy (non-hydrogen) atoms. The first-order valence-corrected chi connectivity index (χ1v) is 8.54. The molecule has 2 rings (SSSR count). The summed E-state index contributed by atoms with van der Waals surface area (Å²) in [7, 11) is 1.39. The molecule has 1 amide bonds. The number of thioether (sulfide) groups is 1. The van der Waals surface area contributed by atoms with Gasteiger partial charge >= 0.3 is 5.97 Å². The fourth-order valence-electron chi connectivity index (χ4n) is 2.14. The maximum Gasteiger partial charge on any atom is 0.306 e. The van der Waals surface area contributed by atoms with Crippen LogP contribution in [0, 0.1) is 0 Å². The van der Waals surface area contributed by atoms with Crippen molar-refractivity contribution in [1.29, 1.82) is 0 Å². The van der Waals surface area contributed by atoms with Gasteiger partial charge in [0.25, 0.3) is 0 Å². The molecule has 0 radical (unpaired) electrons. The molecule has 0 spiro atoms. The topological polar surface area (TPSA) is 46.6 Å². The number of hydrogen-bond donors (Lipinski definition) is 0. The summed E-state index contributed by atoms with van der Waals surface area (Å²) in [5.41, 5.74) is 1.28. The van der Waals surface area contributed by atoms with Crippen molar-refractivity contribution in [3.63, 3.8) is 0 Å². The highest BCUT2D eigenvalue weighted by Gasteiger charge is 2.22. The largest absolute Gasteiger partial charge is 0.469 e. The number of carbonyl (C=O) groups is 2. The van der Waals surface area contributed by atoms with Gasteiger partial charge < -0.3 is 9.64 Å². The molecule has 1 atom stereocenters. The van der Waals surface area contributed by atoms with Gasteiger partial charge in [0.1, 0.15) is 0 Å². The van der Waals surface area contributed by atoms with E-state index in [2.05, 4.69) is 16.2 Å². The summed E-state index contributed by atoms with van der Waals surface area (Å²) in [6.45, 7) is 3.48. The Balaban J connectivity index is 1.77. The Morgan fingerprint density at radius 2 is 2.35 bits per heavy atom. The molecule has 0 saturated heterocycles.